The third-order valence-corrected chi connectivity index (χ3v) is 5.31. The Balaban J connectivity index is 1.52. The molecule has 2 aromatic carbocycles. The summed E-state index contributed by atoms with van der Waals surface area (Å²) in [5, 5.41) is 12.0. The molecular formula is C23H21FN4O2S. The van der Waals surface area contributed by atoms with Gasteiger partial charge in [-0.15, -0.1) is 0 Å². The topological polar surface area (TPSA) is 72.1 Å². The van der Waals surface area contributed by atoms with Crippen LogP contribution in [-0.4, -0.2) is 14.9 Å². The Hall–Kier alpha value is -3.52. The highest BCUT2D eigenvalue weighted by Gasteiger charge is 2.14. The fourth-order valence-electron chi connectivity index (χ4n) is 3.50. The van der Waals surface area contributed by atoms with Crippen molar-refractivity contribution in [1.29, 1.82) is 0 Å². The summed E-state index contributed by atoms with van der Waals surface area (Å²) in [5.74, 6) is -0.264. The van der Waals surface area contributed by atoms with Gasteiger partial charge in [-0.25, -0.2) is 9.18 Å². The number of nitrogens with one attached hydrogen (secondary N) is 2. The van der Waals surface area contributed by atoms with Gasteiger partial charge in [0.05, 0.1) is 23.6 Å². The molecule has 0 aliphatic carbocycles. The number of benzene rings is 2. The van der Waals surface area contributed by atoms with E-state index >= 15 is 0 Å². The molecule has 158 valence electrons. The highest BCUT2D eigenvalue weighted by Crippen LogP contribution is 2.23. The number of thiocarbonyl (C=S) groups is 1. The lowest BCUT2D eigenvalue weighted by molar-refractivity contribution is 0.560. The normalized spacial score (nSPS) is 11.0. The van der Waals surface area contributed by atoms with Crippen LogP contribution in [0.4, 0.5) is 15.8 Å². The van der Waals surface area contributed by atoms with Gasteiger partial charge in [-0.05, 0) is 56.8 Å². The van der Waals surface area contributed by atoms with E-state index in [0.717, 1.165) is 28.0 Å². The molecule has 0 spiro atoms. The molecule has 2 aromatic heterocycles. The van der Waals surface area contributed by atoms with E-state index in [9.17, 15) is 9.18 Å². The van der Waals surface area contributed by atoms with Crippen molar-refractivity contribution in [2.75, 3.05) is 10.6 Å². The quantitative estimate of drug-likeness (QED) is 0.350. The molecule has 0 aliphatic rings. The molecule has 0 saturated heterocycles. The molecule has 4 rings (SSSR count). The van der Waals surface area contributed by atoms with Crippen LogP contribution in [0.25, 0.3) is 11.0 Å². The van der Waals surface area contributed by atoms with E-state index in [-0.39, 0.29) is 5.82 Å². The third kappa shape index (κ3) is 4.34. The van der Waals surface area contributed by atoms with Gasteiger partial charge in [0.15, 0.2) is 5.11 Å². The monoisotopic (exact) mass is 436 g/mol. The second kappa shape index (κ2) is 8.31. The molecule has 4 aromatic rings. The molecule has 0 unspecified atom stereocenters. The smallest absolute Gasteiger partial charge is 0.336 e. The third-order valence-electron chi connectivity index (χ3n) is 5.11. The molecule has 0 saturated carbocycles. The van der Waals surface area contributed by atoms with Gasteiger partial charge in [0.25, 0.3) is 0 Å². The second-order valence-corrected chi connectivity index (χ2v) is 7.74. The van der Waals surface area contributed by atoms with Crippen LogP contribution in [0.3, 0.4) is 0 Å². The first-order valence-electron chi connectivity index (χ1n) is 9.72. The molecule has 0 amide bonds. The fourth-order valence-corrected chi connectivity index (χ4v) is 3.72. The molecule has 0 bridgehead atoms. The summed E-state index contributed by atoms with van der Waals surface area (Å²) >= 11 is 5.46. The highest BCUT2D eigenvalue weighted by atomic mass is 32.1. The van der Waals surface area contributed by atoms with Gasteiger partial charge in [-0.3, -0.25) is 4.68 Å². The van der Waals surface area contributed by atoms with E-state index in [1.807, 2.05) is 32.9 Å². The number of hydrogen-bond donors (Lipinski definition) is 2. The Bertz CT molecular complexity index is 1360. The number of aryl methyl sites for hydroxylation is 2. The fraction of sp³-hybridized carbons (Fsp3) is 0.174. The summed E-state index contributed by atoms with van der Waals surface area (Å²) in [6.45, 7) is 5.95. The van der Waals surface area contributed by atoms with Crippen LogP contribution in [0.15, 0.2) is 57.7 Å². The van der Waals surface area contributed by atoms with Crippen LogP contribution < -0.4 is 16.3 Å². The van der Waals surface area contributed by atoms with Gasteiger partial charge in [-0.1, -0.05) is 18.2 Å². The maximum atomic E-state index is 14.0. The van der Waals surface area contributed by atoms with Crippen LogP contribution in [0.5, 0.6) is 0 Å². The van der Waals surface area contributed by atoms with Crippen LogP contribution >= 0.6 is 12.2 Å². The lowest BCUT2D eigenvalue weighted by Gasteiger charge is -2.12. The summed E-state index contributed by atoms with van der Waals surface area (Å²) in [5.41, 5.74) is 4.55. The SMILES string of the molecule is Cc1nn(Cc2ccccc2F)c(C)c1NC(=S)Nc1ccc2c(C)cc(=O)oc2c1. The Morgan fingerprint density at radius 2 is 1.90 bits per heavy atom. The van der Waals surface area contributed by atoms with E-state index < -0.39 is 5.63 Å². The minimum absolute atomic E-state index is 0.264. The average Bonchev–Trinajstić information content (AvgIpc) is 2.96. The summed E-state index contributed by atoms with van der Waals surface area (Å²) in [6, 6.07) is 13.6. The minimum atomic E-state index is -0.392. The van der Waals surface area contributed by atoms with E-state index in [1.54, 1.807) is 28.9 Å². The highest BCUT2D eigenvalue weighted by molar-refractivity contribution is 7.80. The Labute approximate surface area is 183 Å². The van der Waals surface area contributed by atoms with Gasteiger partial charge >= 0.3 is 5.63 Å². The lowest BCUT2D eigenvalue weighted by Crippen LogP contribution is -2.20. The summed E-state index contributed by atoms with van der Waals surface area (Å²) in [6.07, 6.45) is 0. The van der Waals surface area contributed by atoms with Crippen LogP contribution in [-0.2, 0) is 6.54 Å². The Kier molecular flexibility index (Phi) is 5.56. The van der Waals surface area contributed by atoms with Crippen LogP contribution in [0.1, 0.15) is 22.5 Å². The lowest BCUT2D eigenvalue weighted by atomic mass is 10.1. The van der Waals surface area contributed by atoms with E-state index in [4.69, 9.17) is 16.6 Å². The van der Waals surface area contributed by atoms with Crippen molar-refractivity contribution in [3.63, 3.8) is 0 Å². The molecule has 2 N–H and O–H groups in total. The van der Waals surface area contributed by atoms with Crippen molar-refractivity contribution in [3.8, 4) is 0 Å². The predicted octanol–water partition coefficient (Wildman–Crippen LogP) is 4.91. The molecule has 0 atom stereocenters. The predicted molar refractivity (Wildman–Crippen MR) is 124 cm³/mol. The average molecular weight is 437 g/mol. The largest absolute Gasteiger partial charge is 0.423 e. The number of fused-ring (bicyclic) bond motifs is 1. The molecule has 0 aliphatic heterocycles. The van der Waals surface area contributed by atoms with Crippen molar-refractivity contribution < 1.29 is 8.81 Å². The second-order valence-electron chi connectivity index (χ2n) is 7.33. The van der Waals surface area contributed by atoms with Gasteiger partial charge < -0.3 is 15.1 Å². The van der Waals surface area contributed by atoms with Crippen molar-refractivity contribution in [1.82, 2.24) is 9.78 Å². The first-order chi connectivity index (χ1) is 14.8. The van der Waals surface area contributed by atoms with Crippen LogP contribution in [0.2, 0.25) is 0 Å². The van der Waals surface area contributed by atoms with Gasteiger partial charge in [-0.2, -0.15) is 5.10 Å². The zero-order valence-corrected chi connectivity index (χ0v) is 18.1. The number of hydrogen-bond acceptors (Lipinski definition) is 4. The molecule has 2 heterocycles. The van der Waals surface area contributed by atoms with Gasteiger partial charge in [0.2, 0.25) is 0 Å². The van der Waals surface area contributed by atoms with E-state index in [1.165, 1.54) is 12.1 Å². The first-order valence-corrected chi connectivity index (χ1v) is 10.1. The Morgan fingerprint density at radius 1 is 1.13 bits per heavy atom. The van der Waals surface area contributed by atoms with E-state index in [2.05, 4.69) is 15.7 Å². The number of anilines is 2. The van der Waals surface area contributed by atoms with Crippen molar-refractivity contribution in [2.24, 2.45) is 0 Å². The summed E-state index contributed by atoms with van der Waals surface area (Å²) < 4.78 is 21.0. The van der Waals surface area contributed by atoms with Crippen molar-refractivity contribution in [3.05, 3.63) is 87.3 Å². The zero-order valence-electron chi connectivity index (χ0n) is 17.3. The maximum Gasteiger partial charge on any atom is 0.336 e. The zero-order chi connectivity index (χ0) is 22.1. The van der Waals surface area contributed by atoms with Gasteiger partial charge in [0.1, 0.15) is 11.4 Å². The number of rotatable bonds is 4. The van der Waals surface area contributed by atoms with Crippen molar-refractivity contribution >= 4 is 39.7 Å². The molecule has 0 fully saturated rings. The first kappa shape index (κ1) is 20.7. The van der Waals surface area contributed by atoms with Crippen LogP contribution in [0, 0.1) is 26.6 Å². The molecular weight excluding hydrogens is 415 g/mol. The molecule has 8 heteroatoms. The Morgan fingerprint density at radius 3 is 2.68 bits per heavy atom. The molecule has 6 nitrogen and oxygen atoms in total. The maximum absolute atomic E-state index is 14.0. The summed E-state index contributed by atoms with van der Waals surface area (Å²) in [7, 11) is 0. The minimum Gasteiger partial charge on any atom is -0.423 e. The molecule has 0 radical (unpaired) electrons. The summed E-state index contributed by atoms with van der Waals surface area (Å²) in [4.78, 5) is 11.7. The van der Waals surface area contributed by atoms with E-state index in [0.29, 0.717) is 28.5 Å². The number of aromatic nitrogens is 2. The number of halogens is 1. The number of nitrogens with zero attached hydrogens (tertiary/aromatic N) is 2. The van der Waals surface area contributed by atoms with Gasteiger partial charge in [0, 0.05) is 28.8 Å². The molecule has 31 heavy (non-hydrogen) atoms. The van der Waals surface area contributed by atoms with Crippen molar-refractivity contribution in [2.45, 2.75) is 27.3 Å². The standard InChI is InChI=1S/C23H21FN4O2S/c1-13-10-21(29)30-20-11-17(8-9-18(13)20)25-23(31)26-22-14(2)27-28(15(22)3)12-16-6-4-5-7-19(16)24/h4-11H,12H2,1-3H3,(H2,25,26,31).